The molecule has 12 rings (SSSR count). The zero-order chi connectivity index (χ0) is 38.9. The zero-order valence-electron chi connectivity index (χ0n) is 32.2. The Balaban J connectivity index is 1.18. The average Bonchev–Trinajstić information content (AvgIpc) is 3.39. The van der Waals surface area contributed by atoms with Gasteiger partial charge in [0.25, 0.3) is 0 Å². The Bertz CT molecular complexity index is 3110. The number of fused-ring (bicyclic) bond motifs is 14. The molecule has 1 aliphatic heterocycles. The number of benzene rings is 9. The lowest BCUT2D eigenvalue weighted by Gasteiger charge is -2.36. The zero-order valence-corrected chi connectivity index (χ0v) is 32.2. The quantitative estimate of drug-likeness (QED) is 0.178. The van der Waals surface area contributed by atoms with Crippen LogP contribution < -0.4 is 9.64 Å². The molecule has 0 radical (unpaired) electrons. The predicted octanol–water partition coefficient (Wildman–Crippen LogP) is 15.1. The summed E-state index contributed by atoms with van der Waals surface area (Å²) in [6.45, 7) is 0. The van der Waals surface area contributed by atoms with E-state index in [1.54, 1.807) is 0 Å². The molecule has 2 heteroatoms. The molecule has 0 fully saturated rings. The highest BCUT2D eigenvalue weighted by molar-refractivity contribution is 5.99. The average molecular weight is 752 g/mol. The lowest BCUT2D eigenvalue weighted by molar-refractivity contribution is 0.489. The van der Waals surface area contributed by atoms with E-state index in [0.717, 1.165) is 61.9 Å². The number of hydrogen-bond acceptors (Lipinski definition) is 2. The Hall–Kier alpha value is -7.68. The normalized spacial score (nSPS) is 13.3. The maximum Gasteiger partial charge on any atom is 0.159 e. The minimum atomic E-state index is -0.564. The van der Waals surface area contributed by atoms with Crippen molar-refractivity contribution in [2.75, 3.05) is 4.90 Å². The highest BCUT2D eigenvalue weighted by Crippen LogP contribution is 2.60. The third kappa shape index (κ3) is 4.93. The molecule has 1 spiro atoms. The summed E-state index contributed by atoms with van der Waals surface area (Å²) in [7, 11) is 0. The second kappa shape index (κ2) is 13.2. The van der Waals surface area contributed by atoms with Crippen LogP contribution in [0, 0.1) is 0 Å². The summed E-state index contributed by atoms with van der Waals surface area (Å²) in [5, 5.41) is 0. The second-order valence-electron chi connectivity index (χ2n) is 15.5. The van der Waals surface area contributed by atoms with Crippen LogP contribution in [0.3, 0.4) is 0 Å². The van der Waals surface area contributed by atoms with Gasteiger partial charge in [-0.1, -0.05) is 194 Å². The van der Waals surface area contributed by atoms with Crippen molar-refractivity contribution in [1.29, 1.82) is 0 Å². The van der Waals surface area contributed by atoms with Crippen molar-refractivity contribution in [3.05, 3.63) is 246 Å². The molecule has 59 heavy (non-hydrogen) atoms. The molecule has 2 aliphatic carbocycles. The van der Waals surface area contributed by atoms with Gasteiger partial charge in [-0.3, -0.25) is 0 Å². The van der Waals surface area contributed by atoms with E-state index in [-0.39, 0.29) is 0 Å². The summed E-state index contributed by atoms with van der Waals surface area (Å²) in [4.78, 5) is 2.43. The first-order valence-electron chi connectivity index (χ1n) is 20.3. The van der Waals surface area contributed by atoms with E-state index in [2.05, 4.69) is 229 Å². The van der Waals surface area contributed by atoms with E-state index in [9.17, 15) is 0 Å². The van der Waals surface area contributed by atoms with Crippen molar-refractivity contribution >= 4 is 29.2 Å². The smallest absolute Gasteiger partial charge is 0.159 e. The fraction of sp³-hybridized carbons (Fsp3) is 0.0175. The Morgan fingerprint density at radius 3 is 1.61 bits per heavy atom. The lowest BCUT2D eigenvalue weighted by atomic mass is 9.66. The third-order valence-corrected chi connectivity index (χ3v) is 12.5. The van der Waals surface area contributed by atoms with Crippen LogP contribution in [0.4, 0.5) is 17.1 Å². The van der Waals surface area contributed by atoms with Gasteiger partial charge in [-0.25, -0.2) is 0 Å². The van der Waals surface area contributed by atoms with E-state index in [1.165, 1.54) is 44.5 Å². The standard InChI is InChI=1S/C57H37NO/c1-2-17-38(18-3-1)42-21-9-14-30-53(42)58(54-31-16-26-48-44-23-7-6-22-43(44)47-25-10-15-32-55(47)59-56(48)54)41-35-36-46-45-24-8-13-29-51(45)57(52(46)37-41)49-27-11-4-19-39(49)33-34-40-20-5-12-28-50(40)57/h1-37H. The van der Waals surface area contributed by atoms with Gasteiger partial charge in [0.15, 0.2) is 5.75 Å². The molecule has 9 aromatic carbocycles. The van der Waals surface area contributed by atoms with Gasteiger partial charge in [0, 0.05) is 22.4 Å². The van der Waals surface area contributed by atoms with Crippen molar-refractivity contribution in [3.8, 4) is 56.0 Å². The molecule has 0 saturated heterocycles. The summed E-state index contributed by atoms with van der Waals surface area (Å²) in [5.41, 5.74) is 19.3. The van der Waals surface area contributed by atoms with Gasteiger partial charge in [0.05, 0.1) is 16.8 Å². The van der Waals surface area contributed by atoms with E-state index in [4.69, 9.17) is 4.74 Å². The Morgan fingerprint density at radius 2 is 0.864 bits per heavy atom. The number of para-hydroxylation sites is 3. The summed E-state index contributed by atoms with van der Waals surface area (Å²) in [5.74, 6) is 1.66. The van der Waals surface area contributed by atoms with Gasteiger partial charge in [-0.05, 0) is 91.5 Å². The lowest BCUT2D eigenvalue weighted by Crippen LogP contribution is -2.30. The van der Waals surface area contributed by atoms with Gasteiger partial charge in [0.1, 0.15) is 5.75 Å². The number of ether oxygens (including phenoxy) is 1. The maximum atomic E-state index is 7.20. The summed E-state index contributed by atoms with van der Waals surface area (Å²) < 4.78 is 7.20. The Labute approximate surface area is 344 Å². The SMILES string of the molecule is C1=Cc2ccccc2C2(c3ccccc31)c1ccccc1-c1ccc(N(c3ccccc3-c3ccccc3)c3cccc4c3Oc3ccccc3-c3ccccc3-4)cc12. The number of anilines is 3. The van der Waals surface area contributed by atoms with Gasteiger partial charge in [-0.15, -0.1) is 0 Å². The van der Waals surface area contributed by atoms with Gasteiger partial charge in [-0.2, -0.15) is 0 Å². The Kier molecular flexibility index (Phi) is 7.48. The van der Waals surface area contributed by atoms with Crippen molar-refractivity contribution in [2.24, 2.45) is 0 Å². The molecule has 0 saturated carbocycles. The molecular formula is C57H37NO. The molecule has 0 N–H and O–H groups in total. The van der Waals surface area contributed by atoms with Crippen LogP contribution in [0.25, 0.3) is 56.7 Å². The summed E-state index contributed by atoms with van der Waals surface area (Å²) in [6.07, 6.45) is 4.59. The molecule has 2 nitrogen and oxygen atoms in total. The summed E-state index contributed by atoms with van der Waals surface area (Å²) in [6, 6.07) is 77.2. The third-order valence-electron chi connectivity index (χ3n) is 12.5. The fourth-order valence-corrected chi connectivity index (χ4v) is 10.1. The molecule has 0 bridgehead atoms. The van der Waals surface area contributed by atoms with Crippen LogP contribution >= 0.6 is 0 Å². The highest BCUT2D eigenvalue weighted by Gasteiger charge is 2.48. The van der Waals surface area contributed by atoms with Crippen molar-refractivity contribution < 1.29 is 4.74 Å². The van der Waals surface area contributed by atoms with Gasteiger partial charge in [0.2, 0.25) is 0 Å². The highest BCUT2D eigenvalue weighted by atomic mass is 16.5. The fourth-order valence-electron chi connectivity index (χ4n) is 10.1. The second-order valence-corrected chi connectivity index (χ2v) is 15.5. The molecule has 0 aromatic heterocycles. The molecule has 0 amide bonds. The van der Waals surface area contributed by atoms with Crippen LogP contribution in [-0.4, -0.2) is 0 Å². The van der Waals surface area contributed by atoms with E-state index in [1.807, 2.05) is 0 Å². The minimum absolute atomic E-state index is 0.564. The first-order chi connectivity index (χ1) is 29.3. The van der Waals surface area contributed by atoms with Crippen LogP contribution in [-0.2, 0) is 5.41 Å². The predicted molar refractivity (Wildman–Crippen MR) is 244 cm³/mol. The number of nitrogens with zero attached hydrogens (tertiary/aromatic N) is 1. The van der Waals surface area contributed by atoms with Gasteiger partial charge >= 0.3 is 0 Å². The molecule has 9 aromatic rings. The molecular weight excluding hydrogens is 715 g/mol. The molecule has 3 aliphatic rings. The maximum absolute atomic E-state index is 7.20. The van der Waals surface area contributed by atoms with Crippen molar-refractivity contribution in [2.45, 2.75) is 5.41 Å². The van der Waals surface area contributed by atoms with Crippen LogP contribution in [0.1, 0.15) is 33.4 Å². The summed E-state index contributed by atoms with van der Waals surface area (Å²) >= 11 is 0. The largest absolute Gasteiger partial charge is 0.454 e. The van der Waals surface area contributed by atoms with Gasteiger partial charge < -0.3 is 9.64 Å². The van der Waals surface area contributed by atoms with Crippen LogP contribution in [0.2, 0.25) is 0 Å². The first-order valence-corrected chi connectivity index (χ1v) is 20.3. The number of rotatable bonds is 4. The van der Waals surface area contributed by atoms with E-state index >= 15 is 0 Å². The monoisotopic (exact) mass is 751 g/mol. The van der Waals surface area contributed by atoms with Crippen LogP contribution in [0.15, 0.2) is 212 Å². The Morgan fingerprint density at radius 1 is 0.339 bits per heavy atom. The molecule has 276 valence electrons. The minimum Gasteiger partial charge on any atom is -0.454 e. The van der Waals surface area contributed by atoms with Crippen molar-refractivity contribution in [1.82, 2.24) is 0 Å². The molecule has 0 atom stereocenters. The molecule has 1 heterocycles. The molecule has 0 unspecified atom stereocenters. The van der Waals surface area contributed by atoms with Crippen molar-refractivity contribution in [3.63, 3.8) is 0 Å². The number of hydrogen-bond donors (Lipinski definition) is 0. The topological polar surface area (TPSA) is 12.5 Å². The van der Waals surface area contributed by atoms with Crippen LogP contribution in [0.5, 0.6) is 11.5 Å². The van der Waals surface area contributed by atoms with E-state index in [0.29, 0.717) is 0 Å². The first kappa shape index (κ1) is 33.5. The van der Waals surface area contributed by atoms with E-state index < -0.39 is 5.41 Å².